The molecule has 0 aliphatic carbocycles. The Labute approximate surface area is 176 Å². The zero-order valence-corrected chi connectivity index (χ0v) is 17.4. The molecule has 1 heterocycles. The molecule has 0 bridgehead atoms. The minimum Gasteiger partial charge on any atom is -0.495 e. The molecule has 150 valence electrons. The third-order valence-electron chi connectivity index (χ3n) is 5.16. The molecule has 0 N–H and O–H groups in total. The first kappa shape index (κ1) is 19.6. The van der Waals surface area contributed by atoms with Gasteiger partial charge >= 0.3 is 0 Å². The van der Waals surface area contributed by atoms with Gasteiger partial charge in [0.25, 0.3) is 5.56 Å². The first-order valence-electron chi connectivity index (χ1n) is 10.0. The molecule has 0 atom stereocenters. The van der Waals surface area contributed by atoms with E-state index in [-0.39, 0.29) is 5.56 Å². The molecule has 4 rings (SSSR count). The van der Waals surface area contributed by atoms with Gasteiger partial charge in [-0.1, -0.05) is 68.5 Å². The molecule has 30 heavy (non-hydrogen) atoms. The maximum atomic E-state index is 13.4. The molecule has 0 unspecified atom stereocenters. The topological polar surface area (TPSA) is 44.1 Å². The number of ether oxygens (including phenoxy) is 1. The van der Waals surface area contributed by atoms with Gasteiger partial charge in [-0.15, -0.1) is 0 Å². The normalized spacial score (nSPS) is 11.5. The van der Waals surface area contributed by atoms with Gasteiger partial charge in [0.2, 0.25) is 0 Å². The van der Waals surface area contributed by atoms with E-state index < -0.39 is 0 Å². The Morgan fingerprint density at radius 2 is 1.60 bits per heavy atom. The summed E-state index contributed by atoms with van der Waals surface area (Å²) in [5, 5.41) is 0.571. The van der Waals surface area contributed by atoms with Crippen LogP contribution in [0.15, 0.2) is 77.6 Å². The number of rotatable bonds is 5. The van der Waals surface area contributed by atoms with Crippen LogP contribution in [-0.2, 0) is 0 Å². The van der Waals surface area contributed by atoms with Crippen LogP contribution in [0.25, 0.3) is 28.7 Å². The largest absolute Gasteiger partial charge is 0.495 e. The van der Waals surface area contributed by atoms with E-state index in [1.807, 2.05) is 54.6 Å². The van der Waals surface area contributed by atoms with Gasteiger partial charge in [0.05, 0.1) is 23.7 Å². The zero-order chi connectivity index (χ0) is 21.1. The SMILES string of the molecule is COc1ccccc1-n1c(/C=C/c2ccc(C(C)C)cc2)nc2ccccc2c1=O. The van der Waals surface area contributed by atoms with Crippen molar-refractivity contribution in [3.63, 3.8) is 0 Å². The Kier molecular flexibility index (Phi) is 5.48. The maximum absolute atomic E-state index is 13.4. The fourth-order valence-electron chi connectivity index (χ4n) is 3.47. The van der Waals surface area contributed by atoms with Gasteiger partial charge in [-0.05, 0) is 47.4 Å². The van der Waals surface area contributed by atoms with Gasteiger partial charge in [0, 0.05) is 0 Å². The molecule has 0 fully saturated rings. The van der Waals surface area contributed by atoms with Crippen molar-refractivity contribution in [3.05, 3.63) is 100 Å². The van der Waals surface area contributed by atoms with Gasteiger partial charge in [0.15, 0.2) is 0 Å². The fraction of sp³-hybridized carbons (Fsp3) is 0.154. The Bertz CT molecular complexity index is 1270. The second kappa shape index (κ2) is 8.37. The van der Waals surface area contributed by atoms with E-state index in [4.69, 9.17) is 9.72 Å². The minimum atomic E-state index is -0.125. The average Bonchev–Trinajstić information content (AvgIpc) is 2.78. The lowest BCUT2D eigenvalue weighted by atomic mass is 10.0. The lowest BCUT2D eigenvalue weighted by Crippen LogP contribution is -2.22. The molecule has 0 amide bonds. The molecule has 0 aliphatic rings. The molecular formula is C26H24N2O2. The number of nitrogens with zero attached hydrogens (tertiary/aromatic N) is 2. The summed E-state index contributed by atoms with van der Waals surface area (Å²) >= 11 is 0. The van der Waals surface area contributed by atoms with Crippen molar-refractivity contribution < 1.29 is 4.74 Å². The zero-order valence-electron chi connectivity index (χ0n) is 17.4. The van der Waals surface area contributed by atoms with Gasteiger partial charge in [-0.3, -0.25) is 9.36 Å². The van der Waals surface area contributed by atoms with Crippen molar-refractivity contribution in [1.29, 1.82) is 0 Å². The van der Waals surface area contributed by atoms with Crippen LogP contribution < -0.4 is 10.3 Å². The van der Waals surface area contributed by atoms with Crippen molar-refractivity contribution in [2.24, 2.45) is 0 Å². The molecule has 3 aromatic carbocycles. The Morgan fingerprint density at radius 1 is 0.900 bits per heavy atom. The van der Waals surface area contributed by atoms with Gasteiger partial charge in [-0.2, -0.15) is 0 Å². The van der Waals surface area contributed by atoms with E-state index in [9.17, 15) is 4.79 Å². The number of methoxy groups -OCH3 is 1. The van der Waals surface area contributed by atoms with E-state index in [0.717, 1.165) is 5.56 Å². The number of fused-ring (bicyclic) bond motifs is 1. The predicted octanol–water partition coefficient (Wildman–Crippen LogP) is 5.69. The Hall–Kier alpha value is -3.66. The van der Waals surface area contributed by atoms with Crippen LogP contribution in [0.5, 0.6) is 5.75 Å². The van der Waals surface area contributed by atoms with Crippen LogP contribution in [-0.4, -0.2) is 16.7 Å². The van der Waals surface area contributed by atoms with Crippen LogP contribution in [0.4, 0.5) is 0 Å². The number of para-hydroxylation sites is 3. The summed E-state index contributed by atoms with van der Waals surface area (Å²) in [5.41, 5.74) is 3.55. The average molecular weight is 396 g/mol. The van der Waals surface area contributed by atoms with E-state index in [0.29, 0.717) is 34.1 Å². The summed E-state index contributed by atoms with van der Waals surface area (Å²) < 4.78 is 7.12. The van der Waals surface area contributed by atoms with Crippen LogP contribution in [0.3, 0.4) is 0 Å². The third-order valence-corrected chi connectivity index (χ3v) is 5.16. The molecule has 4 heteroatoms. The molecule has 0 saturated carbocycles. The summed E-state index contributed by atoms with van der Waals surface area (Å²) in [6.45, 7) is 4.35. The number of hydrogen-bond donors (Lipinski definition) is 0. The molecule has 0 radical (unpaired) electrons. The minimum absolute atomic E-state index is 0.125. The fourth-order valence-corrected chi connectivity index (χ4v) is 3.47. The van der Waals surface area contributed by atoms with Crippen LogP contribution in [0.1, 0.15) is 36.7 Å². The third kappa shape index (κ3) is 3.77. The lowest BCUT2D eigenvalue weighted by Gasteiger charge is -2.14. The van der Waals surface area contributed by atoms with Crippen molar-refractivity contribution >= 4 is 23.1 Å². The lowest BCUT2D eigenvalue weighted by molar-refractivity contribution is 0.412. The standard InChI is InChI=1S/C26H24N2O2/c1-18(2)20-15-12-19(13-16-20)14-17-25-27-22-9-5-4-8-21(22)26(29)28(25)23-10-6-7-11-24(23)30-3/h4-18H,1-3H3/b17-14+. The summed E-state index contributed by atoms with van der Waals surface area (Å²) in [6, 6.07) is 23.3. The van der Waals surface area contributed by atoms with Gasteiger partial charge < -0.3 is 4.74 Å². The highest BCUT2D eigenvalue weighted by Crippen LogP contribution is 2.24. The first-order chi connectivity index (χ1) is 14.6. The second-order valence-electron chi connectivity index (χ2n) is 7.45. The molecule has 0 aliphatic heterocycles. The van der Waals surface area contributed by atoms with E-state index >= 15 is 0 Å². The highest BCUT2D eigenvalue weighted by Gasteiger charge is 2.14. The number of hydrogen-bond acceptors (Lipinski definition) is 3. The van der Waals surface area contributed by atoms with Crippen molar-refractivity contribution in [2.45, 2.75) is 19.8 Å². The molecule has 4 aromatic rings. The molecule has 0 saturated heterocycles. The summed E-state index contributed by atoms with van der Waals surface area (Å²) in [5.74, 6) is 1.66. The van der Waals surface area contributed by atoms with Gasteiger partial charge in [-0.25, -0.2) is 4.98 Å². The smallest absolute Gasteiger partial charge is 0.266 e. The van der Waals surface area contributed by atoms with Crippen molar-refractivity contribution in [2.75, 3.05) is 7.11 Å². The van der Waals surface area contributed by atoms with E-state index in [1.165, 1.54) is 5.56 Å². The first-order valence-corrected chi connectivity index (χ1v) is 10.0. The Morgan fingerprint density at radius 3 is 2.33 bits per heavy atom. The molecule has 4 nitrogen and oxygen atoms in total. The van der Waals surface area contributed by atoms with Crippen LogP contribution in [0, 0.1) is 0 Å². The number of aromatic nitrogens is 2. The highest BCUT2D eigenvalue weighted by atomic mass is 16.5. The quantitative estimate of drug-likeness (QED) is 0.435. The maximum Gasteiger partial charge on any atom is 0.266 e. The summed E-state index contributed by atoms with van der Waals surface area (Å²) in [6.07, 6.45) is 3.86. The second-order valence-corrected chi connectivity index (χ2v) is 7.45. The Balaban J connectivity index is 1.89. The van der Waals surface area contributed by atoms with Crippen LogP contribution in [0.2, 0.25) is 0 Å². The van der Waals surface area contributed by atoms with E-state index in [2.05, 4.69) is 38.1 Å². The van der Waals surface area contributed by atoms with E-state index in [1.54, 1.807) is 17.7 Å². The highest BCUT2D eigenvalue weighted by molar-refractivity contribution is 5.80. The van der Waals surface area contributed by atoms with Crippen molar-refractivity contribution in [1.82, 2.24) is 9.55 Å². The van der Waals surface area contributed by atoms with Gasteiger partial charge in [0.1, 0.15) is 11.6 Å². The number of benzene rings is 3. The molecule has 0 spiro atoms. The molecule has 1 aromatic heterocycles. The van der Waals surface area contributed by atoms with Crippen LogP contribution >= 0.6 is 0 Å². The predicted molar refractivity (Wildman–Crippen MR) is 123 cm³/mol. The monoisotopic (exact) mass is 396 g/mol. The summed E-state index contributed by atoms with van der Waals surface area (Å²) in [7, 11) is 1.60. The van der Waals surface area contributed by atoms with Crippen molar-refractivity contribution in [3.8, 4) is 11.4 Å². The summed E-state index contributed by atoms with van der Waals surface area (Å²) in [4.78, 5) is 18.2. The molecular weight excluding hydrogens is 372 g/mol.